The number of hydrogen-bond acceptors (Lipinski definition) is 6. The molecule has 0 radical (unpaired) electrons. The van der Waals surface area contributed by atoms with Crippen LogP contribution in [0.3, 0.4) is 0 Å². The van der Waals surface area contributed by atoms with E-state index in [4.69, 9.17) is 9.47 Å². The normalized spacial score (nSPS) is 12.8. The van der Waals surface area contributed by atoms with Gasteiger partial charge in [-0.15, -0.1) is 9.90 Å². The SMILES string of the molecule is C=Cn1nnc(NC(=O)c2ccc3c(c2)OCCO3)n1. The summed E-state index contributed by atoms with van der Waals surface area (Å²) in [4.78, 5) is 13.2. The number of tetrazole rings is 1. The molecule has 1 aromatic carbocycles. The minimum absolute atomic E-state index is 0.102. The molecule has 8 heteroatoms. The number of ether oxygens (including phenoxy) is 2. The third kappa shape index (κ3) is 2.30. The summed E-state index contributed by atoms with van der Waals surface area (Å²) >= 11 is 0. The summed E-state index contributed by atoms with van der Waals surface area (Å²) < 4.78 is 10.8. The number of hydrogen-bond donors (Lipinski definition) is 1. The monoisotopic (exact) mass is 273 g/mol. The van der Waals surface area contributed by atoms with Crippen molar-refractivity contribution in [1.29, 1.82) is 0 Å². The van der Waals surface area contributed by atoms with E-state index in [2.05, 4.69) is 27.3 Å². The number of carbonyl (C=O) groups is 1. The van der Waals surface area contributed by atoms with E-state index >= 15 is 0 Å². The Labute approximate surface area is 114 Å². The minimum Gasteiger partial charge on any atom is -0.486 e. The topological polar surface area (TPSA) is 91.2 Å². The highest BCUT2D eigenvalue weighted by Crippen LogP contribution is 2.30. The number of rotatable bonds is 3. The van der Waals surface area contributed by atoms with Crippen LogP contribution >= 0.6 is 0 Å². The van der Waals surface area contributed by atoms with Gasteiger partial charge in [-0.2, -0.15) is 0 Å². The zero-order chi connectivity index (χ0) is 13.9. The lowest BCUT2D eigenvalue weighted by atomic mass is 10.2. The maximum atomic E-state index is 12.0. The second-order valence-corrected chi connectivity index (χ2v) is 3.93. The van der Waals surface area contributed by atoms with Gasteiger partial charge in [-0.05, 0) is 23.4 Å². The van der Waals surface area contributed by atoms with E-state index in [9.17, 15) is 4.79 Å². The second kappa shape index (κ2) is 5.00. The first-order chi connectivity index (χ1) is 9.76. The van der Waals surface area contributed by atoms with Gasteiger partial charge in [-0.3, -0.25) is 10.1 Å². The molecule has 0 unspecified atom stereocenters. The van der Waals surface area contributed by atoms with Gasteiger partial charge in [0.1, 0.15) is 13.2 Å². The fraction of sp³-hybridized carbons (Fsp3) is 0.167. The number of fused-ring (bicyclic) bond motifs is 1. The Balaban J connectivity index is 1.78. The number of amides is 1. The molecule has 8 nitrogen and oxygen atoms in total. The van der Waals surface area contributed by atoms with Gasteiger partial charge in [-0.1, -0.05) is 11.7 Å². The molecule has 0 fully saturated rings. The summed E-state index contributed by atoms with van der Waals surface area (Å²) in [5.74, 6) is 0.922. The predicted octanol–water partition coefficient (Wildman–Crippen LogP) is 0.797. The van der Waals surface area contributed by atoms with Crippen LogP contribution in [-0.4, -0.2) is 39.3 Å². The first kappa shape index (κ1) is 12.2. The van der Waals surface area contributed by atoms with Crippen LogP contribution in [0, 0.1) is 0 Å². The van der Waals surface area contributed by atoms with Crippen LogP contribution in [-0.2, 0) is 0 Å². The van der Waals surface area contributed by atoms with E-state index in [0.29, 0.717) is 30.3 Å². The Bertz CT molecular complexity index is 667. The van der Waals surface area contributed by atoms with Crippen molar-refractivity contribution in [3.63, 3.8) is 0 Å². The van der Waals surface area contributed by atoms with E-state index in [1.807, 2.05) is 0 Å². The van der Waals surface area contributed by atoms with Crippen LogP contribution in [0.4, 0.5) is 5.95 Å². The average molecular weight is 273 g/mol. The molecule has 102 valence electrons. The summed E-state index contributed by atoms with van der Waals surface area (Å²) in [6, 6.07) is 4.94. The molecule has 1 N–H and O–H groups in total. The van der Waals surface area contributed by atoms with E-state index < -0.39 is 0 Å². The molecular formula is C12H11N5O3. The largest absolute Gasteiger partial charge is 0.486 e. The molecule has 3 rings (SSSR count). The Morgan fingerprint density at radius 3 is 2.90 bits per heavy atom. The van der Waals surface area contributed by atoms with Crippen LogP contribution in [0.1, 0.15) is 10.4 Å². The third-order valence-electron chi connectivity index (χ3n) is 2.62. The maximum Gasteiger partial charge on any atom is 0.270 e. The molecule has 0 saturated heterocycles. The molecule has 0 atom stereocenters. The standard InChI is InChI=1S/C12H11N5O3/c1-2-17-15-12(14-16-17)13-11(18)8-3-4-9-10(7-8)20-6-5-19-9/h2-4,7H,1,5-6H2,(H,13,15,18). The Morgan fingerprint density at radius 1 is 1.35 bits per heavy atom. The minimum atomic E-state index is -0.356. The van der Waals surface area contributed by atoms with Gasteiger partial charge in [0, 0.05) is 11.8 Å². The number of nitrogens with one attached hydrogen (secondary N) is 1. The number of anilines is 1. The van der Waals surface area contributed by atoms with Crippen molar-refractivity contribution in [3.05, 3.63) is 30.3 Å². The highest BCUT2D eigenvalue weighted by Gasteiger charge is 2.16. The van der Waals surface area contributed by atoms with Gasteiger partial charge >= 0.3 is 0 Å². The lowest BCUT2D eigenvalue weighted by Gasteiger charge is -2.18. The van der Waals surface area contributed by atoms with Crippen molar-refractivity contribution in [3.8, 4) is 11.5 Å². The van der Waals surface area contributed by atoms with Crippen LogP contribution in [0.2, 0.25) is 0 Å². The van der Waals surface area contributed by atoms with Gasteiger partial charge in [0.15, 0.2) is 11.5 Å². The van der Waals surface area contributed by atoms with Gasteiger partial charge in [0.05, 0.1) is 0 Å². The first-order valence-corrected chi connectivity index (χ1v) is 5.89. The van der Waals surface area contributed by atoms with Gasteiger partial charge in [-0.25, -0.2) is 0 Å². The molecule has 20 heavy (non-hydrogen) atoms. The van der Waals surface area contributed by atoms with E-state index in [1.165, 1.54) is 6.20 Å². The van der Waals surface area contributed by atoms with Crippen molar-refractivity contribution in [2.24, 2.45) is 0 Å². The Kier molecular flexibility index (Phi) is 3.04. The number of carbonyl (C=O) groups excluding carboxylic acids is 1. The fourth-order valence-electron chi connectivity index (χ4n) is 1.71. The fourth-order valence-corrected chi connectivity index (χ4v) is 1.71. The molecule has 1 aromatic heterocycles. The molecule has 2 heterocycles. The van der Waals surface area contributed by atoms with Crippen molar-refractivity contribution in [2.75, 3.05) is 18.5 Å². The predicted molar refractivity (Wildman–Crippen MR) is 69.6 cm³/mol. The zero-order valence-corrected chi connectivity index (χ0v) is 10.4. The number of benzene rings is 1. The number of aromatic nitrogens is 4. The van der Waals surface area contributed by atoms with E-state index in [-0.39, 0.29) is 11.9 Å². The molecule has 1 aliphatic heterocycles. The summed E-state index contributed by atoms with van der Waals surface area (Å²) in [5, 5.41) is 13.7. The summed E-state index contributed by atoms with van der Waals surface area (Å²) in [5.41, 5.74) is 0.421. The Hall–Kier alpha value is -2.90. The van der Waals surface area contributed by atoms with Crippen LogP contribution in [0.25, 0.3) is 6.20 Å². The molecule has 0 saturated carbocycles. The van der Waals surface area contributed by atoms with Crippen molar-refractivity contribution >= 4 is 18.1 Å². The summed E-state index contributed by atoms with van der Waals surface area (Å²) in [6.07, 6.45) is 1.37. The van der Waals surface area contributed by atoms with Crippen molar-refractivity contribution in [1.82, 2.24) is 20.2 Å². The number of nitrogens with zero attached hydrogens (tertiary/aromatic N) is 4. The quantitative estimate of drug-likeness (QED) is 0.889. The molecule has 0 aliphatic carbocycles. The van der Waals surface area contributed by atoms with E-state index in [0.717, 1.165) is 4.80 Å². The summed E-state index contributed by atoms with van der Waals surface area (Å²) in [7, 11) is 0. The van der Waals surface area contributed by atoms with Gasteiger partial charge < -0.3 is 9.47 Å². The molecule has 0 spiro atoms. The zero-order valence-electron chi connectivity index (χ0n) is 10.4. The second-order valence-electron chi connectivity index (χ2n) is 3.93. The maximum absolute atomic E-state index is 12.0. The van der Waals surface area contributed by atoms with Gasteiger partial charge in [0.2, 0.25) is 0 Å². The smallest absolute Gasteiger partial charge is 0.270 e. The molecule has 1 aliphatic rings. The Morgan fingerprint density at radius 2 is 2.15 bits per heavy atom. The molecule has 1 amide bonds. The van der Waals surface area contributed by atoms with Crippen molar-refractivity contribution in [2.45, 2.75) is 0 Å². The van der Waals surface area contributed by atoms with Crippen LogP contribution < -0.4 is 14.8 Å². The highest BCUT2D eigenvalue weighted by molar-refractivity contribution is 6.03. The average Bonchev–Trinajstić information content (AvgIpc) is 2.94. The van der Waals surface area contributed by atoms with Crippen molar-refractivity contribution < 1.29 is 14.3 Å². The lowest BCUT2D eigenvalue weighted by molar-refractivity contribution is 0.102. The van der Waals surface area contributed by atoms with Gasteiger partial charge in [0.25, 0.3) is 11.9 Å². The van der Waals surface area contributed by atoms with Crippen LogP contribution in [0.15, 0.2) is 24.8 Å². The molecular weight excluding hydrogens is 262 g/mol. The van der Waals surface area contributed by atoms with Crippen LogP contribution in [0.5, 0.6) is 11.5 Å². The highest BCUT2D eigenvalue weighted by atomic mass is 16.6. The molecule has 2 aromatic rings. The van der Waals surface area contributed by atoms with E-state index in [1.54, 1.807) is 18.2 Å². The molecule has 0 bridgehead atoms. The first-order valence-electron chi connectivity index (χ1n) is 5.89. The summed E-state index contributed by atoms with van der Waals surface area (Å²) in [6.45, 7) is 4.46. The lowest BCUT2D eigenvalue weighted by Crippen LogP contribution is -2.17. The third-order valence-corrected chi connectivity index (χ3v) is 2.62.